The summed E-state index contributed by atoms with van der Waals surface area (Å²) in [6, 6.07) is 5.62. The van der Waals surface area contributed by atoms with Crippen molar-refractivity contribution in [1.82, 2.24) is 9.55 Å². The SMILES string of the molecule is CCCn1c(C(C)C(=O)OCC)nc2cccc(Cl)c21. The van der Waals surface area contributed by atoms with E-state index in [1.165, 1.54) is 0 Å². The molecule has 0 radical (unpaired) electrons. The van der Waals surface area contributed by atoms with Gasteiger partial charge in [-0.1, -0.05) is 24.6 Å². The number of para-hydroxylation sites is 1. The minimum Gasteiger partial charge on any atom is -0.465 e. The topological polar surface area (TPSA) is 44.1 Å². The Balaban J connectivity index is 2.54. The average Bonchev–Trinajstić information content (AvgIpc) is 2.79. The third kappa shape index (κ3) is 2.66. The van der Waals surface area contributed by atoms with Gasteiger partial charge in [-0.05, 0) is 32.4 Å². The highest BCUT2D eigenvalue weighted by molar-refractivity contribution is 6.35. The van der Waals surface area contributed by atoms with E-state index in [4.69, 9.17) is 16.3 Å². The van der Waals surface area contributed by atoms with Crippen molar-refractivity contribution in [2.45, 2.75) is 39.7 Å². The highest BCUT2D eigenvalue weighted by Crippen LogP contribution is 2.28. The van der Waals surface area contributed by atoms with E-state index in [0.29, 0.717) is 17.5 Å². The number of aromatic nitrogens is 2. The Morgan fingerprint density at radius 2 is 2.20 bits per heavy atom. The van der Waals surface area contributed by atoms with Crippen LogP contribution in [0.25, 0.3) is 11.0 Å². The largest absolute Gasteiger partial charge is 0.465 e. The van der Waals surface area contributed by atoms with E-state index in [0.717, 1.165) is 24.0 Å². The molecule has 2 rings (SSSR count). The molecular formula is C15H19ClN2O2. The minimum atomic E-state index is -0.398. The summed E-state index contributed by atoms with van der Waals surface area (Å²) < 4.78 is 7.12. The van der Waals surface area contributed by atoms with Crippen LogP contribution in [0.1, 0.15) is 38.9 Å². The van der Waals surface area contributed by atoms with Crippen LogP contribution in [0.5, 0.6) is 0 Å². The van der Waals surface area contributed by atoms with Crippen LogP contribution in [-0.4, -0.2) is 22.1 Å². The van der Waals surface area contributed by atoms with Crippen LogP contribution >= 0.6 is 11.6 Å². The summed E-state index contributed by atoms with van der Waals surface area (Å²) >= 11 is 6.28. The van der Waals surface area contributed by atoms with Crippen molar-refractivity contribution >= 4 is 28.6 Å². The quantitative estimate of drug-likeness (QED) is 0.789. The molecular weight excluding hydrogens is 276 g/mol. The van der Waals surface area contributed by atoms with Gasteiger partial charge in [0.15, 0.2) is 0 Å². The van der Waals surface area contributed by atoms with Gasteiger partial charge < -0.3 is 9.30 Å². The molecule has 1 aromatic heterocycles. The smallest absolute Gasteiger partial charge is 0.316 e. The predicted molar refractivity (Wildman–Crippen MR) is 80.1 cm³/mol. The molecule has 1 heterocycles. The van der Waals surface area contributed by atoms with Crippen molar-refractivity contribution in [2.24, 2.45) is 0 Å². The van der Waals surface area contributed by atoms with Crippen molar-refractivity contribution in [2.75, 3.05) is 6.61 Å². The molecule has 0 saturated heterocycles. The first kappa shape index (κ1) is 14.9. The predicted octanol–water partition coefficient (Wildman–Crippen LogP) is 3.77. The Morgan fingerprint density at radius 1 is 1.45 bits per heavy atom. The molecule has 0 bridgehead atoms. The molecule has 0 aliphatic heterocycles. The van der Waals surface area contributed by atoms with Gasteiger partial charge in [-0.15, -0.1) is 0 Å². The number of carbonyl (C=O) groups is 1. The normalized spacial score (nSPS) is 12.6. The number of fused-ring (bicyclic) bond motifs is 1. The zero-order chi connectivity index (χ0) is 14.7. The number of hydrogen-bond donors (Lipinski definition) is 0. The lowest BCUT2D eigenvalue weighted by atomic mass is 10.1. The van der Waals surface area contributed by atoms with Gasteiger partial charge in [-0.3, -0.25) is 4.79 Å². The number of ether oxygens (including phenoxy) is 1. The van der Waals surface area contributed by atoms with Crippen LogP contribution in [0, 0.1) is 0 Å². The Kier molecular flexibility index (Phi) is 4.65. The van der Waals surface area contributed by atoms with Crippen LogP contribution in [0.15, 0.2) is 18.2 Å². The molecule has 20 heavy (non-hydrogen) atoms. The number of rotatable bonds is 5. The van der Waals surface area contributed by atoms with Gasteiger partial charge in [0, 0.05) is 6.54 Å². The summed E-state index contributed by atoms with van der Waals surface area (Å²) in [5, 5.41) is 0.658. The number of carbonyl (C=O) groups excluding carboxylic acids is 1. The second-order valence-electron chi connectivity index (χ2n) is 4.70. The summed E-state index contributed by atoms with van der Waals surface area (Å²) in [7, 11) is 0. The molecule has 1 atom stereocenters. The number of benzene rings is 1. The number of nitrogens with zero attached hydrogens (tertiary/aromatic N) is 2. The molecule has 0 N–H and O–H groups in total. The summed E-state index contributed by atoms with van der Waals surface area (Å²) in [6.45, 7) is 6.86. The van der Waals surface area contributed by atoms with Crippen LogP contribution in [0.3, 0.4) is 0 Å². The zero-order valence-electron chi connectivity index (χ0n) is 12.0. The summed E-state index contributed by atoms with van der Waals surface area (Å²) in [5.74, 6) is 0.0645. The molecule has 1 unspecified atom stereocenters. The van der Waals surface area contributed by atoms with E-state index in [2.05, 4.69) is 11.9 Å². The highest BCUT2D eigenvalue weighted by atomic mass is 35.5. The molecule has 5 heteroatoms. The Bertz CT molecular complexity index is 622. The van der Waals surface area contributed by atoms with Crippen LogP contribution in [-0.2, 0) is 16.1 Å². The van der Waals surface area contributed by atoms with Crippen molar-refractivity contribution < 1.29 is 9.53 Å². The van der Waals surface area contributed by atoms with Gasteiger partial charge in [0.25, 0.3) is 0 Å². The number of hydrogen-bond acceptors (Lipinski definition) is 3. The van der Waals surface area contributed by atoms with E-state index >= 15 is 0 Å². The third-order valence-corrected chi connectivity index (χ3v) is 3.53. The average molecular weight is 295 g/mol. The van der Waals surface area contributed by atoms with Crippen molar-refractivity contribution in [1.29, 1.82) is 0 Å². The first-order chi connectivity index (χ1) is 9.60. The van der Waals surface area contributed by atoms with Gasteiger partial charge in [0.2, 0.25) is 0 Å². The molecule has 0 aliphatic rings. The van der Waals surface area contributed by atoms with E-state index < -0.39 is 5.92 Å². The molecule has 0 amide bonds. The Morgan fingerprint density at radius 3 is 2.85 bits per heavy atom. The molecule has 0 spiro atoms. The number of imidazole rings is 1. The molecule has 4 nitrogen and oxygen atoms in total. The van der Waals surface area contributed by atoms with E-state index in [1.807, 2.05) is 29.7 Å². The highest BCUT2D eigenvalue weighted by Gasteiger charge is 2.24. The first-order valence-corrected chi connectivity index (χ1v) is 7.29. The monoisotopic (exact) mass is 294 g/mol. The zero-order valence-corrected chi connectivity index (χ0v) is 12.8. The lowest BCUT2D eigenvalue weighted by Gasteiger charge is -2.13. The Hall–Kier alpha value is -1.55. The molecule has 0 aliphatic carbocycles. The molecule has 0 fully saturated rings. The van der Waals surface area contributed by atoms with Gasteiger partial charge in [0.1, 0.15) is 11.7 Å². The van der Waals surface area contributed by atoms with Crippen LogP contribution in [0.4, 0.5) is 0 Å². The molecule has 0 saturated carbocycles. The maximum absolute atomic E-state index is 12.0. The maximum atomic E-state index is 12.0. The van der Waals surface area contributed by atoms with E-state index in [9.17, 15) is 4.79 Å². The molecule has 2 aromatic rings. The second kappa shape index (κ2) is 6.27. The number of halogens is 1. The molecule has 1 aromatic carbocycles. The lowest BCUT2D eigenvalue weighted by molar-refractivity contribution is -0.144. The summed E-state index contributed by atoms with van der Waals surface area (Å²) in [6.07, 6.45) is 0.944. The summed E-state index contributed by atoms with van der Waals surface area (Å²) in [4.78, 5) is 16.5. The minimum absolute atomic E-state index is 0.253. The fraction of sp³-hybridized carbons (Fsp3) is 0.467. The van der Waals surface area contributed by atoms with Crippen molar-refractivity contribution in [3.05, 3.63) is 29.0 Å². The molecule has 108 valence electrons. The van der Waals surface area contributed by atoms with Gasteiger partial charge in [0.05, 0.1) is 22.7 Å². The van der Waals surface area contributed by atoms with Gasteiger partial charge in [-0.25, -0.2) is 4.98 Å². The maximum Gasteiger partial charge on any atom is 0.316 e. The lowest BCUT2D eigenvalue weighted by Crippen LogP contribution is -2.17. The van der Waals surface area contributed by atoms with Crippen LogP contribution < -0.4 is 0 Å². The standard InChI is InChI=1S/C15H19ClN2O2/c1-4-9-18-13-11(16)7-6-8-12(13)17-14(18)10(3)15(19)20-5-2/h6-8,10H,4-5,9H2,1-3H3. The number of esters is 1. The van der Waals surface area contributed by atoms with Crippen molar-refractivity contribution in [3.63, 3.8) is 0 Å². The van der Waals surface area contributed by atoms with E-state index in [-0.39, 0.29) is 5.97 Å². The third-order valence-electron chi connectivity index (χ3n) is 3.22. The van der Waals surface area contributed by atoms with Gasteiger partial charge >= 0.3 is 5.97 Å². The second-order valence-corrected chi connectivity index (χ2v) is 5.11. The van der Waals surface area contributed by atoms with Gasteiger partial charge in [-0.2, -0.15) is 0 Å². The van der Waals surface area contributed by atoms with Crippen molar-refractivity contribution in [3.8, 4) is 0 Å². The number of aryl methyl sites for hydroxylation is 1. The van der Waals surface area contributed by atoms with Crippen LogP contribution in [0.2, 0.25) is 5.02 Å². The fourth-order valence-electron chi connectivity index (χ4n) is 2.31. The Labute approximate surface area is 123 Å². The first-order valence-electron chi connectivity index (χ1n) is 6.91. The van der Waals surface area contributed by atoms with E-state index in [1.54, 1.807) is 6.92 Å². The fourth-order valence-corrected chi connectivity index (χ4v) is 2.58. The summed E-state index contributed by atoms with van der Waals surface area (Å²) in [5.41, 5.74) is 1.71.